The quantitative estimate of drug-likeness (QED) is 0.291. The van der Waals surface area contributed by atoms with Crippen molar-refractivity contribution < 1.29 is 14.0 Å². The molecule has 0 spiro atoms. The van der Waals surface area contributed by atoms with Crippen LogP contribution in [-0.2, 0) is 24.7 Å². The molecule has 2 aromatic carbocycles. The van der Waals surface area contributed by atoms with E-state index in [0.717, 1.165) is 44.3 Å². The first kappa shape index (κ1) is 29.7. The fourth-order valence-corrected chi connectivity index (χ4v) is 7.04. The molecule has 2 N–H and O–H groups in total. The molecule has 1 aliphatic heterocycles. The third-order valence-corrected chi connectivity index (χ3v) is 9.64. The molecule has 11 heteroatoms. The lowest BCUT2D eigenvalue weighted by molar-refractivity contribution is -0.140. The summed E-state index contributed by atoms with van der Waals surface area (Å²) in [4.78, 5) is 49.1. The van der Waals surface area contributed by atoms with Gasteiger partial charge in [0.15, 0.2) is 11.6 Å². The molecule has 3 heterocycles. The van der Waals surface area contributed by atoms with Gasteiger partial charge in [0.2, 0.25) is 5.91 Å². The predicted octanol–water partition coefficient (Wildman–Crippen LogP) is 5.36. The van der Waals surface area contributed by atoms with Crippen molar-refractivity contribution in [2.24, 2.45) is 7.05 Å². The van der Waals surface area contributed by atoms with E-state index in [2.05, 4.69) is 20.5 Å². The van der Waals surface area contributed by atoms with Crippen LogP contribution in [0.5, 0.6) is 0 Å². The number of likely N-dealkylation sites (N-methyl/N-ethyl adjacent to an activating group) is 2. The molecule has 2 aliphatic rings. The summed E-state index contributed by atoms with van der Waals surface area (Å²) in [5.74, 6) is -0.897. The highest BCUT2D eigenvalue weighted by atomic mass is 32.1. The maximum absolute atomic E-state index is 15.8. The molecule has 6 rings (SSSR count). The predicted molar refractivity (Wildman–Crippen MR) is 171 cm³/mol. The Balaban J connectivity index is 1.23. The standard InChI is InChI=1S/C33H35FN6O3S/c1-4-40-17-16-38(2)32(42)29(40)20-12-14-22(15-13-20)35-30-33(43)39(3)19-25(36-30)23-9-7-10-24(28(23)34)37-31(41)27-18-21-8-5-6-11-26(21)44-27/h7,9-10,12-15,18-19,29H,4-6,8,11,16-17H2,1-3H3,(H,35,36)(H,37,41). The molecule has 1 unspecified atom stereocenters. The van der Waals surface area contributed by atoms with E-state index in [-0.39, 0.29) is 46.2 Å². The zero-order valence-corrected chi connectivity index (χ0v) is 25.8. The highest BCUT2D eigenvalue weighted by Crippen LogP contribution is 2.32. The second kappa shape index (κ2) is 12.3. The normalized spacial score (nSPS) is 17.0. The summed E-state index contributed by atoms with van der Waals surface area (Å²) in [6.45, 7) is 4.29. The molecular formula is C33H35FN6O3S. The van der Waals surface area contributed by atoms with Gasteiger partial charge in [-0.15, -0.1) is 11.3 Å². The summed E-state index contributed by atoms with van der Waals surface area (Å²) >= 11 is 1.47. The van der Waals surface area contributed by atoms with Crippen molar-refractivity contribution in [2.45, 2.75) is 38.6 Å². The number of hydrogen-bond acceptors (Lipinski definition) is 7. The van der Waals surface area contributed by atoms with Crippen molar-refractivity contribution in [3.8, 4) is 11.3 Å². The molecule has 1 aliphatic carbocycles. The summed E-state index contributed by atoms with van der Waals surface area (Å²) < 4.78 is 17.1. The highest BCUT2D eigenvalue weighted by Gasteiger charge is 2.33. The average molecular weight is 615 g/mol. The number of anilines is 3. The van der Waals surface area contributed by atoms with E-state index in [1.165, 1.54) is 38.6 Å². The number of aromatic nitrogens is 2. The molecule has 228 valence electrons. The Morgan fingerprint density at radius 3 is 2.59 bits per heavy atom. The fraction of sp³-hybridized carbons (Fsp3) is 0.333. The van der Waals surface area contributed by atoms with E-state index in [0.29, 0.717) is 17.1 Å². The van der Waals surface area contributed by atoms with Gasteiger partial charge < -0.3 is 20.1 Å². The van der Waals surface area contributed by atoms with Crippen LogP contribution in [0.25, 0.3) is 11.3 Å². The molecule has 1 saturated heterocycles. The van der Waals surface area contributed by atoms with E-state index in [1.54, 1.807) is 36.2 Å². The van der Waals surface area contributed by atoms with Gasteiger partial charge in [-0.05, 0) is 73.7 Å². The van der Waals surface area contributed by atoms with Gasteiger partial charge in [0.25, 0.3) is 11.5 Å². The summed E-state index contributed by atoms with van der Waals surface area (Å²) in [5.41, 5.74) is 2.74. The average Bonchev–Trinajstić information content (AvgIpc) is 3.47. The summed E-state index contributed by atoms with van der Waals surface area (Å²) in [5, 5.41) is 5.79. The second-order valence-corrected chi connectivity index (χ2v) is 12.5. The molecule has 0 radical (unpaired) electrons. The Labute approximate surface area is 259 Å². The topological polar surface area (TPSA) is 99.6 Å². The minimum Gasteiger partial charge on any atom is -0.343 e. The SMILES string of the molecule is CCN1CCN(C)C(=O)C1c1ccc(Nc2nc(-c3cccc(NC(=O)c4cc5c(s4)CCCC5)c3F)cn(C)c2=O)cc1. The first-order valence-corrected chi connectivity index (χ1v) is 15.7. The Bertz CT molecular complexity index is 1760. The van der Waals surface area contributed by atoms with Crippen LogP contribution >= 0.6 is 11.3 Å². The lowest BCUT2D eigenvalue weighted by atomic mass is 9.99. The zero-order chi connectivity index (χ0) is 31.0. The number of nitrogens with one attached hydrogen (secondary N) is 2. The van der Waals surface area contributed by atoms with Crippen LogP contribution in [0.3, 0.4) is 0 Å². The number of benzene rings is 2. The molecule has 4 aromatic rings. The number of nitrogens with zero attached hydrogens (tertiary/aromatic N) is 4. The Hall–Kier alpha value is -4.35. The maximum atomic E-state index is 15.8. The number of amides is 2. The van der Waals surface area contributed by atoms with Gasteiger partial charge in [-0.25, -0.2) is 9.37 Å². The second-order valence-electron chi connectivity index (χ2n) is 11.3. The van der Waals surface area contributed by atoms with Crippen molar-refractivity contribution in [3.63, 3.8) is 0 Å². The number of piperazine rings is 1. The monoisotopic (exact) mass is 614 g/mol. The minimum atomic E-state index is -0.633. The number of fused-ring (bicyclic) bond motifs is 1. The first-order chi connectivity index (χ1) is 21.2. The molecular weight excluding hydrogens is 579 g/mol. The number of aryl methyl sites for hydroxylation is 3. The van der Waals surface area contributed by atoms with Gasteiger partial charge in [-0.1, -0.05) is 25.1 Å². The summed E-state index contributed by atoms with van der Waals surface area (Å²) in [6.07, 6.45) is 5.66. The Kier molecular flexibility index (Phi) is 8.33. The smallest absolute Gasteiger partial charge is 0.293 e. The van der Waals surface area contributed by atoms with Gasteiger partial charge in [-0.3, -0.25) is 19.3 Å². The Morgan fingerprint density at radius 2 is 1.84 bits per heavy atom. The minimum absolute atomic E-state index is 0.0272. The van der Waals surface area contributed by atoms with Gasteiger partial charge in [0, 0.05) is 49.5 Å². The van der Waals surface area contributed by atoms with Crippen molar-refractivity contribution in [2.75, 3.05) is 37.3 Å². The van der Waals surface area contributed by atoms with Crippen LogP contribution in [0, 0.1) is 5.82 Å². The van der Waals surface area contributed by atoms with Crippen LogP contribution in [0.1, 0.15) is 51.5 Å². The highest BCUT2D eigenvalue weighted by molar-refractivity contribution is 7.14. The van der Waals surface area contributed by atoms with Gasteiger partial charge in [0.1, 0.15) is 6.04 Å². The maximum Gasteiger partial charge on any atom is 0.293 e. The van der Waals surface area contributed by atoms with Crippen LogP contribution in [0.2, 0.25) is 0 Å². The van der Waals surface area contributed by atoms with Gasteiger partial charge >= 0.3 is 0 Å². The molecule has 9 nitrogen and oxygen atoms in total. The van der Waals surface area contributed by atoms with E-state index in [1.807, 2.05) is 32.2 Å². The lowest BCUT2D eigenvalue weighted by Gasteiger charge is -2.38. The van der Waals surface area contributed by atoms with Crippen molar-refractivity contribution >= 4 is 40.3 Å². The van der Waals surface area contributed by atoms with Crippen LogP contribution < -0.4 is 16.2 Å². The summed E-state index contributed by atoms with van der Waals surface area (Å²) in [6, 6.07) is 13.6. The van der Waals surface area contributed by atoms with Gasteiger partial charge in [0.05, 0.1) is 16.3 Å². The third-order valence-electron chi connectivity index (χ3n) is 8.41. The number of rotatable bonds is 7. The van der Waals surface area contributed by atoms with Crippen LogP contribution in [-0.4, -0.2) is 57.8 Å². The number of carbonyl (C=O) groups excluding carboxylic acids is 2. The Morgan fingerprint density at radius 1 is 1.07 bits per heavy atom. The first-order valence-electron chi connectivity index (χ1n) is 14.9. The van der Waals surface area contributed by atoms with Crippen LogP contribution in [0.15, 0.2) is 59.5 Å². The van der Waals surface area contributed by atoms with Crippen molar-refractivity contribution in [3.05, 3.63) is 91.8 Å². The van der Waals surface area contributed by atoms with Crippen molar-refractivity contribution in [1.29, 1.82) is 0 Å². The van der Waals surface area contributed by atoms with E-state index in [4.69, 9.17) is 0 Å². The van der Waals surface area contributed by atoms with E-state index < -0.39 is 5.82 Å². The fourth-order valence-electron chi connectivity index (χ4n) is 5.89. The molecule has 2 aromatic heterocycles. The largest absolute Gasteiger partial charge is 0.343 e. The number of halogens is 1. The molecule has 0 saturated carbocycles. The van der Waals surface area contributed by atoms with E-state index >= 15 is 4.39 Å². The number of thiophene rings is 1. The van der Waals surface area contributed by atoms with E-state index in [9.17, 15) is 14.4 Å². The molecule has 2 amide bonds. The van der Waals surface area contributed by atoms with Crippen LogP contribution in [0.4, 0.5) is 21.6 Å². The molecule has 1 atom stereocenters. The van der Waals surface area contributed by atoms with Gasteiger partial charge in [-0.2, -0.15) is 0 Å². The van der Waals surface area contributed by atoms with Crippen molar-refractivity contribution in [1.82, 2.24) is 19.4 Å². The lowest BCUT2D eigenvalue weighted by Crippen LogP contribution is -2.50. The number of hydrogen-bond donors (Lipinski definition) is 2. The molecule has 0 bridgehead atoms. The zero-order valence-electron chi connectivity index (χ0n) is 25.0. The third kappa shape index (κ3) is 5.77. The molecule has 1 fully saturated rings. The molecule has 44 heavy (non-hydrogen) atoms. The summed E-state index contributed by atoms with van der Waals surface area (Å²) in [7, 11) is 3.39. The number of carbonyl (C=O) groups is 2.